The van der Waals surface area contributed by atoms with E-state index < -0.39 is 64.3 Å². The minimum absolute atomic E-state index is 0.0213. The van der Waals surface area contributed by atoms with E-state index >= 15 is 0 Å². The van der Waals surface area contributed by atoms with Crippen LogP contribution in [0.5, 0.6) is 0 Å². The van der Waals surface area contributed by atoms with Gasteiger partial charge in [0.05, 0.1) is 44.5 Å². The second-order valence-corrected chi connectivity index (χ2v) is 19.8. The molecule has 0 aliphatic carbocycles. The molecule has 10 rings (SSSR count). The first-order valence-corrected chi connectivity index (χ1v) is 24.2. The molecule has 0 fully saturated rings. The van der Waals surface area contributed by atoms with E-state index in [1.54, 1.807) is 49.4 Å². The summed E-state index contributed by atoms with van der Waals surface area (Å²) in [5.41, 5.74) is -1.28. The molecule has 0 saturated carbocycles. The average Bonchev–Trinajstić information content (AvgIpc) is 3.77. The van der Waals surface area contributed by atoms with Crippen molar-refractivity contribution in [3.63, 3.8) is 0 Å². The molecule has 0 spiro atoms. The van der Waals surface area contributed by atoms with Crippen molar-refractivity contribution in [3.05, 3.63) is 220 Å². The highest BCUT2D eigenvalue weighted by Gasteiger charge is 2.38. The maximum atomic E-state index is 14.9. The van der Waals surface area contributed by atoms with Gasteiger partial charge in [0.1, 0.15) is 0 Å². The topological polar surface area (TPSA) is 4.93 Å². The summed E-state index contributed by atoms with van der Waals surface area (Å²) in [6, 6.07) is 37.0. The largest absolute Gasteiger partial charge is 0.418 e. The van der Waals surface area contributed by atoms with E-state index in [2.05, 4.69) is 0 Å². The summed E-state index contributed by atoms with van der Waals surface area (Å²) < 4.78 is 217. The summed E-state index contributed by atoms with van der Waals surface area (Å²) in [5.74, 6) is 0. The van der Waals surface area contributed by atoms with Crippen LogP contribution in [-0.4, -0.2) is 4.57 Å². The van der Waals surface area contributed by atoms with Crippen molar-refractivity contribution in [1.29, 1.82) is 0 Å². The predicted octanol–water partition coefficient (Wildman–Crippen LogP) is 21.1. The number of hydrogen-bond acceptors (Lipinski definition) is 0. The van der Waals surface area contributed by atoms with Gasteiger partial charge in [-0.2, -0.15) is 65.9 Å². The molecule has 0 bridgehead atoms. The van der Waals surface area contributed by atoms with Crippen LogP contribution in [0.2, 0.25) is 0 Å². The number of fused-ring (bicyclic) bond motifs is 3. The summed E-state index contributed by atoms with van der Waals surface area (Å²) in [6.45, 7) is 6.71. The quantitative estimate of drug-likeness (QED) is 0.140. The lowest BCUT2D eigenvalue weighted by Gasteiger charge is -2.17. The summed E-state index contributed by atoms with van der Waals surface area (Å²) in [4.78, 5) is 0. The van der Waals surface area contributed by atoms with Gasteiger partial charge >= 0.3 is 30.9 Å². The lowest BCUT2D eigenvalue weighted by Crippen LogP contribution is -2.11. The van der Waals surface area contributed by atoms with Gasteiger partial charge in [-0.3, -0.25) is 0 Å². The Morgan fingerprint density at radius 2 is 0.544 bits per heavy atom. The van der Waals surface area contributed by atoms with E-state index in [-0.39, 0.29) is 61.7 Å². The number of benzene rings is 9. The second-order valence-electron chi connectivity index (χ2n) is 19.8. The second kappa shape index (κ2) is 19.3. The molecule has 9 aromatic carbocycles. The fourth-order valence-electron chi connectivity index (χ4n) is 10.3. The molecule has 0 unspecified atom stereocenters. The first kappa shape index (κ1) is 54.1. The lowest BCUT2D eigenvalue weighted by molar-refractivity contribution is -0.143. The van der Waals surface area contributed by atoms with Gasteiger partial charge in [0.2, 0.25) is 0 Å². The summed E-state index contributed by atoms with van der Waals surface area (Å²) >= 11 is 0. The molecule has 10 aromatic rings. The van der Waals surface area contributed by atoms with Crippen molar-refractivity contribution in [2.75, 3.05) is 0 Å². The van der Waals surface area contributed by atoms with Crippen LogP contribution in [0.4, 0.5) is 65.9 Å². The molecule has 0 radical (unpaired) electrons. The van der Waals surface area contributed by atoms with Crippen molar-refractivity contribution in [2.24, 2.45) is 0 Å². The zero-order valence-corrected chi connectivity index (χ0v) is 41.8. The highest BCUT2D eigenvalue weighted by molar-refractivity contribution is 6.12. The Morgan fingerprint density at radius 3 is 0.899 bits per heavy atom. The molecule has 1 nitrogen and oxygen atoms in total. The third-order valence-corrected chi connectivity index (χ3v) is 13.7. The van der Waals surface area contributed by atoms with Crippen molar-refractivity contribution in [1.82, 2.24) is 4.57 Å². The number of hydrogen-bond donors (Lipinski definition) is 0. The van der Waals surface area contributed by atoms with Crippen molar-refractivity contribution in [3.8, 4) is 72.4 Å². The van der Waals surface area contributed by atoms with E-state index in [1.165, 1.54) is 66.1 Å². The van der Waals surface area contributed by atoms with E-state index in [4.69, 9.17) is 0 Å². The van der Waals surface area contributed by atoms with Gasteiger partial charge < -0.3 is 4.57 Å². The smallest absolute Gasteiger partial charge is 0.309 e. The van der Waals surface area contributed by atoms with E-state index in [0.717, 1.165) is 47.0 Å². The number of para-hydroxylation sites is 1. The Hall–Kier alpha value is -8.27. The highest BCUT2D eigenvalue weighted by Crippen LogP contribution is 2.46. The monoisotopic (exact) mass is 1100 g/mol. The minimum Gasteiger partial charge on any atom is -0.309 e. The molecule has 0 atom stereocenters. The summed E-state index contributed by atoms with van der Waals surface area (Å²) in [7, 11) is 0. The lowest BCUT2D eigenvalue weighted by atomic mass is 9.90. The Kier molecular flexibility index (Phi) is 13.2. The maximum absolute atomic E-state index is 14.9. The number of aromatic nitrogens is 1. The summed E-state index contributed by atoms with van der Waals surface area (Å²) in [5, 5.41) is 0.642. The standard InChI is InChI=1S/C63H40F15N/c1-33-13-34(2)15-39(14-33)44-20-42(21-45(24-44)40-16-35(3)18-49(26-40)59(64,65)66)37-9-11-56-53(30-37)54-31-38(10-12-57(54)79(56)58-8-6-5-7-55(58)63(76,77)78)43-22-46(41-17-36(4)19-50(27-41)60(67,68)69)25-47(23-43)48-28-51(61(70,71)72)32-52(29-48)62(73,74)75/h5-32H,1-4H3. The SMILES string of the molecule is Cc1cc(C)cc(-c2cc(-c3cc(C)cc(C(F)(F)F)c3)cc(-c3ccc4c(c3)c3cc(-c5cc(-c6cc(C)cc(C(F)(F)F)c6)cc(-c6cc(C(F)(F)F)cc(C(F)(F)F)c6)c5)ccc3n4-c3ccccc3C(F)(F)F)c2)c1. The Balaban J connectivity index is 1.26. The predicted molar refractivity (Wildman–Crippen MR) is 277 cm³/mol. The van der Waals surface area contributed by atoms with Gasteiger partial charge in [0, 0.05) is 10.8 Å². The van der Waals surface area contributed by atoms with Gasteiger partial charge in [-0.15, -0.1) is 0 Å². The number of aryl methyl sites for hydroxylation is 4. The average molecular weight is 1100 g/mol. The van der Waals surface area contributed by atoms with Crippen LogP contribution >= 0.6 is 0 Å². The highest BCUT2D eigenvalue weighted by atomic mass is 19.4. The number of nitrogens with zero attached hydrogens (tertiary/aromatic N) is 1. The van der Waals surface area contributed by atoms with Gasteiger partial charge in [-0.1, -0.05) is 65.7 Å². The molecule has 402 valence electrons. The van der Waals surface area contributed by atoms with E-state index in [9.17, 15) is 65.9 Å². The minimum atomic E-state index is -5.25. The van der Waals surface area contributed by atoms with Crippen LogP contribution in [0.15, 0.2) is 170 Å². The third kappa shape index (κ3) is 11.0. The number of halogens is 15. The fourth-order valence-corrected chi connectivity index (χ4v) is 10.3. The van der Waals surface area contributed by atoms with Gasteiger partial charge in [-0.05, 0) is 221 Å². The fraction of sp³-hybridized carbons (Fsp3) is 0.143. The molecule has 1 heterocycles. The van der Waals surface area contributed by atoms with Crippen LogP contribution in [-0.2, 0) is 30.9 Å². The molecule has 0 N–H and O–H groups in total. The third-order valence-electron chi connectivity index (χ3n) is 13.7. The molecular formula is C63H40F15N. The molecule has 16 heteroatoms. The van der Waals surface area contributed by atoms with E-state index in [0.29, 0.717) is 50.7 Å². The van der Waals surface area contributed by atoms with Gasteiger partial charge in [-0.25, -0.2) is 0 Å². The van der Waals surface area contributed by atoms with Crippen LogP contribution in [0.25, 0.3) is 94.3 Å². The Bertz CT molecular complexity index is 4000. The van der Waals surface area contributed by atoms with Crippen LogP contribution in [0.3, 0.4) is 0 Å². The van der Waals surface area contributed by atoms with Crippen LogP contribution < -0.4 is 0 Å². The number of rotatable bonds is 7. The Morgan fingerprint density at radius 1 is 0.253 bits per heavy atom. The van der Waals surface area contributed by atoms with Crippen molar-refractivity contribution >= 4 is 21.8 Å². The van der Waals surface area contributed by atoms with Gasteiger partial charge in [0.25, 0.3) is 0 Å². The van der Waals surface area contributed by atoms with E-state index in [1.807, 2.05) is 38.1 Å². The summed E-state index contributed by atoms with van der Waals surface area (Å²) in [6.07, 6.45) is -24.9. The molecular weight excluding hydrogens is 1060 g/mol. The molecule has 79 heavy (non-hydrogen) atoms. The molecule has 0 amide bonds. The van der Waals surface area contributed by atoms with Gasteiger partial charge in [0.15, 0.2) is 0 Å². The molecule has 0 saturated heterocycles. The number of alkyl halides is 15. The zero-order valence-electron chi connectivity index (χ0n) is 41.8. The maximum Gasteiger partial charge on any atom is 0.418 e. The molecule has 0 aliphatic heterocycles. The van der Waals surface area contributed by atoms with Crippen LogP contribution in [0.1, 0.15) is 50.1 Å². The zero-order chi connectivity index (χ0) is 56.9. The first-order chi connectivity index (χ1) is 36.9. The van der Waals surface area contributed by atoms with Crippen LogP contribution in [0, 0.1) is 27.7 Å². The first-order valence-electron chi connectivity index (χ1n) is 24.2. The Labute approximate surface area is 441 Å². The van der Waals surface area contributed by atoms with Crippen molar-refractivity contribution < 1.29 is 65.9 Å². The normalized spacial score (nSPS) is 12.7. The molecule has 1 aromatic heterocycles. The van der Waals surface area contributed by atoms with Crippen molar-refractivity contribution in [2.45, 2.75) is 58.6 Å². The molecule has 0 aliphatic rings.